The summed E-state index contributed by atoms with van der Waals surface area (Å²) in [4.78, 5) is 22.8. The fraction of sp³-hybridized carbons (Fsp3) is 0. The summed E-state index contributed by atoms with van der Waals surface area (Å²) in [5.74, 6) is -0.307. The molecular formula is C12H7NO4S. The third-order valence-electron chi connectivity index (χ3n) is 2.55. The van der Waals surface area contributed by atoms with Crippen LogP contribution in [0.3, 0.4) is 0 Å². The van der Waals surface area contributed by atoms with Crippen LogP contribution in [0.5, 0.6) is 5.75 Å². The van der Waals surface area contributed by atoms with E-state index < -0.39 is 5.91 Å². The van der Waals surface area contributed by atoms with E-state index in [9.17, 15) is 14.7 Å². The first kappa shape index (κ1) is 10.9. The summed E-state index contributed by atoms with van der Waals surface area (Å²) in [7, 11) is 0. The SMILES string of the molecule is O=C1NC(=O)C(=Cc2ccc(O)c3ccoc23)S1. The Morgan fingerprint density at radius 2 is 2.11 bits per heavy atom. The van der Waals surface area contributed by atoms with Crippen molar-refractivity contribution in [2.75, 3.05) is 0 Å². The van der Waals surface area contributed by atoms with E-state index in [2.05, 4.69) is 5.32 Å². The van der Waals surface area contributed by atoms with Crippen LogP contribution in [0.2, 0.25) is 0 Å². The molecule has 2 N–H and O–H groups in total. The lowest BCUT2D eigenvalue weighted by molar-refractivity contribution is -0.115. The fourth-order valence-electron chi connectivity index (χ4n) is 1.74. The third-order valence-corrected chi connectivity index (χ3v) is 3.36. The van der Waals surface area contributed by atoms with Gasteiger partial charge in [0, 0.05) is 5.56 Å². The Balaban J connectivity index is 2.13. The molecule has 0 atom stereocenters. The van der Waals surface area contributed by atoms with Crippen molar-refractivity contribution < 1.29 is 19.1 Å². The number of amides is 2. The molecule has 90 valence electrons. The van der Waals surface area contributed by atoms with E-state index in [1.54, 1.807) is 18.2 Å². The highest BCUT2D eigenvalue weighted by atomic mass is 32.2. The molecule has 5 nitrogen and oxygen atoms in total. The van der Waals surface area contributed by atoms with Gasteiger partial charge in [0.15, 0.2) is 0 Å². The quantitative estimate of drug-likeness (QED) is 0.771. The minimum absolute atomic E-state index is 0.112. The summed E-state index contributed by atoms with van der Waals surface area (Å²) in [6, 6.07) is 4.79. The molecular weight excluding hydrogens is 254 g/mol. The molecule has 0 radical (unpaired) electrons. The number of benzene rings is 1. The first-order valence-electron chi connectivity index (χ1n) is 5.09. The third kappa shape index (κ3) is 1.67. The molecule has 2 aromatic rings. The second kappa shape index (κ2) is 3.92. The lowest BCUT2D eigenvalue weighted by Gasteiger charge is -1.99. The number of furan rings is 1. The van der Waals surface area contributed by atoms with Gasteiger partial charge >= 0.3 is 0 Å². The van der Waals surface area contributed by atoms with E-state index in [4.69, 9.17) is 4.42 Å². The first-order valence-corrected chi connectivity index (χ1v) is 5.91. The van der Waals surface area contributed by atoms with E-state index in [0.29, 0.717) is 21.4 Å². The van der Waals surface area contributed by atoms with Crippen LogP contribution in [0.25, 0.3) is 17.0 Å². The Labute approximate surface area is 105 Å². The first-order chi connectivity index (χ1) is 8.65. The van der Waals surface area contributed by atoms with Crippen molar-refractivity contribution in [1.29, 1.82) is 0 Å². The van der Waals surface area contributed by atoms with Crippen LogP contribution in [-0.4, -0.2) is 16.3 Å². The van der Waals surface area contributed by atoms with E-state index in [0.717, 1.165) is 11.8 Å². The average molecular weight is 261 g/mol. The number of aromatic hydroxyl groups is 1. The van der Waals surface area contributed by atoms with E-state index >= 15 is 0 Å². The Morgan fingerprint density at radius 1 is 1.28 bits per heavy atom. The maximum atomic E-state index is 11.4. The van der Waals surface area contributed by atoms with Crippen LogP contribution in [0.15, 0.2) is 33.8 Å². The van der Waals surface area contributed by atoms with Crippen LogP contribution in [0.4, 0.5) is 4.79 Å². The van der Waals surface area contributed by atoms with Crippen molar-refractivity contribution in [3.63, 3.8) is 0 Å². The number of fused-ring (bicyclic) bond motifs is 1. The van der Waals surface area contributed by atoms with Gasteiger partial charge in [0.2, 0.25) is 0 Å². The topological polar surface area (TPSA) is 79.5 Å². The summed E-state index contributed by atoms with van der Waals surface area (Å²) in [6.45, 7) is 0. The zero-order valence-electron chi connectivity index (χ0n) is 8.97. The number of phenols is 1. The monoisotopic (exact) mass is 261 g/mol. The molecule has 1 aromatic carbocycles. The lowest BCUT2D eigenvalue weighted by atomic mass is 10.1. The van der Waals surface area contributed by atoms with Crippen LogP contribution in [0.1, 0.15) is 5.56 Å². The summed E-state index contributed by atoms with van der Waals surface area (Å²) >= 11 is 0.841. The van der Waals surface area contributed by atoms with E-state index in [1.165, 1.54) is 12.3 Å². The number of hydrogen-bond acceptors (Lipinski definition) is 5. The Bertz CT molecular complexity index is 701. The molecule has 0 bridgehead atoms. The lowest BCUT2D eigenvalue weighted by Crippen LogP contribution is -2.17. The summed E-state index contributed by atoms with van der Waals surface area (Å²) in [6.07, 6.45) is 3.02. The zero-order chi connectivity index (χ0) is 12.7. The Hall–Kier alpha value is -2.21. The standard InChI is InChI=1S/C12H7NO4S/c14-8-2-1-6(10-7(8)3-4-17-10)5-9-11(15)13-12(16)18-9/h1-5,14H,(H,13,15,16). The smallest absolute Gasteiger partial charge is 0.290 e. The van der Waals surface area contributed by atoms with Crippen molar-refractivity contribution in [2.45, 2.75) is 0 Å². The van der Waals surface area contributed by atoms with Gasteiger partial charge in [0.05, 0.1) is 16.6 Å². The molecule has 0 unspecified atom stereocenters. The molecule has 0 aliphatic carbocycles. The molecule has 18 heavy (non-hydrogen) atoms. The van der Waals surface area contributed by atoms with Crippen molar-refractivity contribution >= 4 is 40.0 Å². The minimum atomic E-state index is -0.419. The van der Waals surface area contributed by atoms with Crippen LogP contribution < -0.4 is 5.32 Å². The average Bonchev–Trinajstić information content (AvgIpc) is 2.91. The van der Waals surface area contributed by atoms with Crippen molar-refractivity contribution in [2.24, 2.45) is 0 Å². The molecule has 6 heteroatoms. The maximum Gasteiger partial charge on any atom is 0.290 e. The second-order valence-electron chi connectivity index (χ2n) is 3.69. The number of phenolic OH excluding ortho intramolecular Hbond substituents is 1. The predicted octanol–water partition coefficient (Wildman–Crippen LogP) is 2.46. The van der Waals surface area contributed by atoms with E-state index in [1.807, 2.05) is 0 Å². The highest BCUT2D eigenvalue weighted by Gasteiger charge is 2.25. The molecule has 1 aliphatic rings. The fourth-order valence-corrected chi connectivity index (χ4v) is 2.42. The van der Waals surface area contributed by atoms with Gasteiger partial charge in [-0.05, 0) is 36.0 Å². The van der Waals surface area contributed by atoms with Gasteiger partial charge in [-0.15, -0.1) is 0 Å². The molecule has 1 aromatic heterocycles. The van der Waals surface area contributed by atoms with Crippen LogP contribution in [-0.2, 0) is 4.79 Å². The molecule has 1 fully saturated rings. The number of carbonyl (C=O) groups is 2. The van der Waals surface area contributed by atoms with E-state index in [-0.39, 0.29) is 11.0 Å². The second-order valence-corrected chi connectivity index (χ2v) is 4.70. The van der Waals surface area contributed by atoms with Gasteiger partial charge in [-0.1, -0.05) is 0 Å². The molecule has 2 heterocycles. The summed E-state index contributed by atoms with van der Waals surface area (Å²) in [5.41, 5.74) is 1.12. The van der Waals surface area contributed by atoms with Crippen molar-refractivity contribution in [3.8, 4) is 5.75 Å². The number of rotatable bonds is 1. The number of thioether (sulfide) groups is 1. The molecule has 2 amide bonds. The zero-order valence-corrected chi connectivity index (χ0v) is 9.78. The summed E-state index contributed by atoms with van der Waals surface area (Å²) in [5, 5.41) is 12.0. The Morgan fingerprint density at radius 3 is 2.83 bits per heavy atom. The number of imide groups is 1. The summed E-state index contributed by atoms with van der Waals surface area (Å²) < 4.78 is 5.27. The normalized spacial score (nSPS) is 17.7. The predicted molar refractivity (Wildman–Crippen MR) is 67.0 cm³/mol. The number of hydrogen-bond donors (Lipinski definition) is 2. The molecule has 3 rings (SSSR count). The van der Waals surface area contributed by atoms with Crippen molar-refractivity contribution in [3.05, 3.63) is 34.9 Å². The van der Waals surface area contributed by atoms with Gasteiger partial charge in [-0.2, -0.15) is 0 Å². The van der Waals surface area contributed by atoms with Gasteiger partial charge in [0.25, 0.3) is 11.1 Å². The van der Waals surface area contributed by atoms with Gasteiger partial charge < -0.3 is 9.52 Å². The molecule has 0 spiro atoms. The largest absolute Gasteiger partial charge is 0.507 e. The maximum absolute atomic E-state index is 11.4. The van der Waals surface area contributed by atoms with Gasteiger partial charge in [-0.25, -0.2) is 0 Å². The van der Waals surface area contributed by atoms with Crippen molar-refractivity contribution in [1.82, 2.24) is 5.32 Å². The van der Waals surface area contributed by atoms with Gasteiger partial charge in [0.1, 0.15) is 11.3 Å². The molecule has 0 saturated carbocycles. The minimum Gasteiger partial charge on any atom is -0.507 e. The van der Waals surface area contributed by atoms with Gasteiger partial charge in [-0.3, -0.25) is 14.9 Å². The number of carbonyl (C=O) groups excluding carboxylic acids is 2. The number of nitrogens with one attached hydrogen (secondary N) is 1. The highest BCUT2D eigenvalue weighted by Crippen LogP contribution is 2.32. The molecule has 1 aliphatic heterocycles. The van der Waals surface area contributed by atoms with Crippen LogP contribution >= 0.6 is 11.8 Å². The van der Waals surface area contributed by atoms with Crippen LogP contribution in [0, 0.1) is 0 Å². The highest BCUT2D eigenvalue weighted by molar-refractivity contribution is 8.18. The molecule has 1 saturated heterocycles. The Kier molecular flexibility index (Phi) is 2.38.